The first-order chi connectivity index (χ1) is 19.3. The number of esters is 1. The Morgan fingerprint density at radius 2 is 2.00 bits per heavy atom. The van der Waals surface area contributed by atoms with Gasteiger partial charge in [0.05, 0.1) is 27.3 Å². The van der Waals surface area contributed by atoms with Gasteiger partial charge in [-0.3, -0.25) is 19.5 Å². The lowest BCUT2D eigenvalue weighted by Gasteiger charge is -2.25. The van der Waals surface area contributed by atoms with E-state index in [-0.39, 0.29) is 24.5 Å². The number of fused-ring (bicyclic) bond motifs is 1. The number of nitro groups is 1. The highest BCUT2D eigenvalue weighted by atomic mass is 35.5. The van der Waals surface area contributed by atoms with Gasteiger partial charge in [-0.2, -0.15) is 0 Å². The number of benzene rings is 2. The zero-order valence-corrected chi connectivity index (χ0v) is 22.9. The van der Waals surface area contributed by atoms with Crippen LogP contribution in [0.2, 0.25) is 5.02 Å². The van der Waals surface area contributed by atoms with Gasteiger partial charge in [-0.25, -0.2) is 9.79 Å². The number of ether oxygens (including phenoxy) is 2. The summed E-state index contributed by atoms with van der Waals surface area (Å²) in [4.78, 5) is 42.6. The number of furan rings is 1. The van der Waals surface area contributed by atoms with Crippen molar-refractivity contribution in [1.29, 1.82) is 0 Å². The Hall–Kier alpha value is -4.32. The highest BCUT2D eigenvalue weighted by molar-refractivity contribution is 7.07. The molecule has 0 N–H and O–H groups in total. The lowest BCUT2D eigenvalue weighted by Crippen LogP contribution is -2.40. The molecule has 0 fully saturated rings. The molecule has 40 heavy (non-hydrogen) atoms. The summed E-state index contributed by atoms with van der Waals surface area (Å²) < 4.78 is 18.0. The van der Waals surface area contributed by atoms with E-state index in [1.165, 1.54) is 23.8 Å². The van der Waals surface area contributed by atoms with Crippen LogP contribution < -0.4 is 14.9 Å². The number of nitro benzene ring substituents is 1. The highest BCUT2D eigenvalue weighted by Gasteiger charge is 2.34. The van der Waals surface area contributed by atoms with Crippen molar-refractivity contribution in [3.05, 3.63) is 118 Å². The smallest absolute Gasteiger partial charge is 0.338 e. The van der Waals surface area contributed by atoms with E-state index in [4.69, 9.17) is 25.5 Å². The van der Waals surface area contributed by atoms with Crippen LogP contribution in [0.1, 0.15) is 24.3 Å². The molecule has 0 bridgehead atoms. The lowest BCUT2D eigenvalue weighted by atomic mass is 9.96. The molecule has 0 aliphatic carbocycles. The summed E-state index contributed by atoms with van der Waals surface area (Å²) in [6.45, 7) is 1.94. The molecule has 0 amide bonds. The van der Waals surface area contributed by atoms with E-state index in [1.807, 2.05) is 0 Å². The molecule has 5 rings (SSSR count). The maximum absolute atomic E-state index is 13.8. The van der Waals surface area contributed by atoms with E-state index in [0.29, 0.717) is 42.7 Å². The summed E-state index contributed by atoms with van der Waals surface area (Å²) in [7, 11) is 1.50. The largest absolute Gasteiger partial charge is 0.460 e. The number of aromatic nitrogens is 1. The summed E-state index contributed by atoms with van der Waals surface area (Å²) in [5, 5.41) is 11.5. The summed E-state index contributed by atoms with van der Waals surface area (Å²) in [6.07, 6.45) is 1.57. The van der Waals surface area contributed by atoms with Crippen molar-refractivity contribution in [1.82, 2.24) is 4.57 Å². The Bertz CT molecular complexity index is 1840. The summed E-state index contributed by atoms with van der Waals surface area (Å²) in [5.41, 5.74) is 1.24. The first-order valence-corrected chi connectivity index (χ1v) is 13.3. The molecule has 0 spiro atoms. The number of carbonyl (C=O) groups is 1. The molecule has 10 nitrogen and oxygen atoms in total. The van der Waals surface area contributed by atoms with Gasteiger partial charge in [-0.1, -0.05) is 53.3 Å². The topological polar surface area (TPSA) is 126 Å². The molecule has 1 aliphatic heterocycles. The molecule has 12 heteroatoms. The molecular weight excluding hydrogens is 558 g/mol. The first kappa shape index (κ1) is 27.3. The van der Waals surface area contributed by atoms with E-state index < -0.39 is 22.5 Å². The van der Waals surface area contributed by atoms with E-state index >= 15 is 0 Å². The van der Waals surface area contributed by atoms with Gasteiger partial charge in [0.15, 0.2) is 4.80 Å². The van der Waals surface area contributed by atoms with Gasteiger partial charge < -0.3 is 13.9 Å². The van der Waals surface area contributed by atoms with Crippen molar-refractivity contribution >= 4 is 40.7 Å². The third-order valence-electron chi connectivity index (χ3n) is 6.20. The van der Waals surface area contributed by atoms with Gasteiger partial charge in [0.25, 0.3) is 11.2 Å². The predicted molar refractivity (Wildman–Crippen MR) is 149 cm³/mol. The van der Waals surface area contributed by atoms with Gasteiger partial charge in [0.1, 0.15) is 24.2 Å². The van der Waals surface area contributed by atoms with Crippen LogP contribution in [0.15, 0.2) is 86.1 Å². The van der Waals surface area contributed by atoms with E-state index in [2.05, 4.69) is 4.99 Å². The second-order valence-electron chi connectivity index (χ2n) is 8.74. The third-order valence-corrected chi connectivity index (χ3v) is 7.53. The second kappa shape index (κ2) is 11.4. The third kappa shape index (κ3) is 5.26. The minimum atomic E-state index is -0.862. The van der Waals surface area contributed by atoms with Gasteiger partial charge in [-0.05, 0) is 30.7 Å². The van der Waals surface area contributed by atoms with Crippen molar-refractivity contribution in [2.45, 2.75) is 13.0 Å². The Kier molecular flexibility index (Phi) is 7.78. The molecule has 1 aliphatic rings. The predicted octanol–water partition coefficient (Wildman–Crippen LogP) is 4.25. The SMILES string of the molecule is COCCOC(=O)C1=C(C)N=c2s/c(=C\c3ccc(-c4cccc([N+](=O)[O-])c4)o3)c(=O)n2C1c1ccccc1Cl. The molecule has 2 aromatic heterocycles. The standard InChI is InChI=1S/C28H22ClN3O7S/c1-16-24(27(34)38-13-12-37-2)25(20-8-3-4-9-21(20)29)31-26(33)23(40-28(31)30-16)15-19-10-11-22(39-19)17-6-5-7-18(14-17)32(35)36/h3-11,14-15,25H,12-13H2,1-2H3/b23-15-. The average Bonchev–Trinajstić information content (AvgIpc) is 3.53. The Morgan fingerprint density at radius 3 is 2.75 bits per heavy atom. The number of carbonyl (C=O) groups excluding carboxylic acids is 1. The molecule has 2 aromatic carbocycles. The van der Waals surface area contributed by atoms with Gasteiger partial charge in [-0.15, -0.1) is 0 Å². The van der Waals surface area contributed by atoms with Crippen LogP contribution in [0.25, 0.3) is 17.4 Å². The number of rotatable bonds is 8. The Labute approximate surface area is 236 Å². The summed E-state index contributed by atoms with van der Waals surface area (Å²) in [5.74, 6) is 0.162. The highest BCUT2D eigenvalue weighted by Crippen LogP contribution is 2.34. The fourth-order valence-corrected chi connectivity index (χ4v) is 5.62. The zero-order chi connectivity index (χ0) is 28.4. The normalized spacial score (nSPS) is 15.1. The molecule has 0 saturated carbocycles. The Morgan fingerprint density at radius 1 is 1.20 bits per heavy atom. The van der Waals surface area contributed by atoms with E-state index in [0.717, 1.165) is 11.3 Å². The van der Waals surface area contributed by atoms with Crippen LogP contribution in [0.4, 0.5) is 5.69 Å². The number of hydrogen-bond acceptors (Lipinski definition) is 9. The van der Waals surface area contributed by atoms with Crippen molar-refractivity contribution in [2.24, 2.45) is 4.99 Å². The fraction of sp³-hybridized carbons (Fsp3) is 0.179. The maximum Gasteiger partial charge on any atom is 0.338 e. The molecule has 0 saturated heterocycles. The summed E-state index contributed by atoms with van der Waals surface area (Å²) in [6, 6.07) is 15.5. The van der Waals surface area contributed by atoms with Crippen LogP contribution in [-0.2, 0) is 14.3 Å². The van der Waals surface area contributed by atoms with Crippen molar-refractivity contribution < 1.29 is 23.6 Å². The zero-order valence-electron chi connectivity index (χ0n) is 21.3. The van der Waals surface area contributed by atoms with E-state index in [1.54, 1.807) is 61.5 Å². The van der Waals surface area contributed by atoms with Crippen LogP contribution in [0, 0.1) is 10.1 Å². The average molecular weight is 580 g/mol. The number of methoxy groups -OCH3 is 1. The second-order valence-corrected chi connectivity index (χ2v) is 10.2. The number of allylic oxidation sites excluding steroid dienone is 1. The Balaban J connectivity index is 1.60. The number of halogens is 1. The number of thiazole rings is 1. The van der Waals surface area contributed by atoms with Crippen molar-refractivity contribution in [2.75, 3.05) is 20.3 Å². The molecule has 3 heterocycles. The number of hydrogen-bond donors (Lipinski definition) is 0. The number of non-ortho nitro benzene ring substituents is 1. The molecule has 4 aromatic rings. The minimum Gasteiger partial charge on any atom is -0.460 e. The van der Waals surface area contributed by atoms with Crippen molar-refractivity contribution in [3.63, 3.8) is 0 Å². The van der Waals surface area contributed by atoms with Crippen LogP contribution in [-0.4, -0.2) is 35.8 Å². The monoisotopic (exact) mass is 579 g/mol. The first-order valence-electron chi connectivity index (χ1n) is 12.1. The molecule has 204 valence electrons. The molecular formula is C28H22ClN3O7S. The quantitative estimate of drug-likeness (QED) is 0.132. The fourth-order valence-electron chi connectivity index (χ4n) is 4.36. The summed E-state index contributed by atoms with van der Waals surface area (Å²) >= 11 is 7.69. The van der Waals surface area contributed by atoms with Crippen LogP contribution in [0.3, 0.4) is 0 Å². The van der Waals surface area contributed by atoms with Gasteiger partial charge in [0, 0.05) is 35.9 Å². The van der Waals surface area contributed by atoms with Crippen LogP contribution >= 0.6 is 22.9 Å². The number of nitrogens with zero attached hydrogens (tertiary/aromatic N) is 3. The van der Waals surface area contributed by atoms with E-state index in [9.17, 15) is 19.7 Å². The minimum absolute atomic E-state index is 0.0389. The van der Waals surface area contributed by atoms with Gasteiger partial charge >= 0.3 is 5.97 Å². The van der Waals surface area contributed by atoms with Crippen molar-refractivity contribution in [3.8, 4) is 11.3 Å². The lowest BCUT2D eigenvalue weighted by molar-refractivity contribution is -0.384. The molecule has 0 radical (unpaired) electrons. The van der Waals surface area contributed by atoms with Gasteiger partial charge in [0.2, 0.25) is 0 Å². The molecule has 1 unspecified atom stereocenters. The molecule has 1 atom stereocenters. The van der Waals surface area contributed by atoms with Crippen LogP contribution in [0.5, 0.6) is 0 Å². The maximum atomic E-state index is 13.8.